The minimum atomic E-state index is -1.28. The van der Waals surface area contributed by atoms with Gasteiger partial charge in [0.1, 0.15) is 18.0 Å². The van der Waals surface area contributed by atoms with Crippen LogP contribution in [-0.2, 0) is 16.7 Å². The van der Waals surface area contributed by atoms with Gasteiger partial charge in [-0.25, -0.2) is 9.98 Å². The first-order valence-corrected chi connectivity index (χ1v) is 9.90. The summed E-state index contributed by atoms with van der Waals surface area (Å²) < 4.78 is 11.7. The molecule has 5 rings (SSSR count). The molecule has 1 aliphatic carbocycles. The Morgan fingerprint density at radius 1 is 1.33 bits per heavy atom. The number of pyridine rings is 1. The number of aliphatic imine (C=N–C) groups is 1. The number of rotatable bonds is 2. The summed E-state index contributed by atoms with van der Waals surface area (Å²) in [6.07, 6.45) is 9.69. The van der Waals surface area contributed by atoms with Gasteiger partial charge in [-0.15, -0.1) is 6.42 Å². The summed E-state index contributed by atoms with van der Waals surface area (Å²) >= 11 is 0. The van der Waals surface area contributed by atoms with Crippen molar-refractivity contribution in [1.29, 1.82) is 0 Å². The molecule has 1 aromatic carbocycles. The fourth-order valence-corrected chi connectivity index (χ4v) is 3.81. The van der Waals surface area contributed by atoms with Gasteiger partial charge in [0.25, 0.3) is 6.02 Å². The molecule has 1 spiro atoms. The summed E-state index contributed by atoms with van der Waals surface area (Å²) in [6.45, 7) is 1.83. The third-order valence-electron chi connectivity index (χ3n) is 5.57. The van der Waals surface area contributed by atoms with Gasteiger partial charge >= 0.3 is 0 Å². The van der Waals surface area contributed by atoms with Gasteiger partial charge in [0, 0.05) is 29.7 Å². The molecule has 2 aliphatic heterocycles. The molecule has 0 amide bonds. The van der Waals surface area contributed by atoms with Gasteiger partial charge in [0.05, 0.1) is 5.56 Å². The average molecular weight is 399 g/mol. The summed E-state index contributed by atoms with van der Waals surface area (Å²) in [6, 6.07) is 7.84. The van der Waals surface area contributed by atoms with Crippen molar-refractivity contribution in [3.63, 3.8) is 0 Å². The molecule has 0 bridgehead atoms. The molecule has 3 N–H and O–H groups in total. The zero-order chi connectivity index (χ0) is 20.9. The Kier molecular flexibility index (Phi) is 4.03. The number of nitrogens with two attached hydrogens (primary N) is 1. The Morgan fingerprint density at radius 3 is 2.87 bits per heavy atom. The van der Waals surface area contributed by atoms with Gasteiger partial charge < -0.3 is 20.3 Å². The van der Waals surface area contributed by atoms with Crippen LogP contribution in [0, 0.1) is 30.1 Å². The van der Waals surface area contributed by atoms with E-state index < -0.39 is 11.1 Å². The fraction of sp³-hybridized carbons (Fsp3) is 0.333. The van der Waals surface area contributed by atoms with E-state index in [1.54, 1.807) is 13.1 Å². The molecule has 0 saturated heterocycles. The smallest absolute Gasteiger partial charge is 0.283 e. The molecule has 30 heavy (non-hydrogen) atoms. The number of terminal acetylenes is 1. The predicted molar refractivity (Wildman–Crippen MR) is 112 cm³/mol. The van der Waals surface area contributed by atoms with Crippen LogP contribution in [0.25, 0.3) is 0 Å². The monoisotopic (exact) mass is 399 g/mol. The van der Waals surface area contributed by atoms with Crippen molar-refractivity contribution in [1.82, 2.24) is 4.98 Å². The SMILES string of the molecule is C#CC(C)(O)Cc1cnc2c(c1)C1(COC(N)=N1)c1cc(C#CC3CC3)ccc1O2. The van der Waals surface area contributed by atoms with E-state index in [1.807, 2.05) is 24.3 Å². The second kappa shape index (κ2) is 6.52. The molecular weight excluding hydrogens is 378 g/mol. The first-order valence-electron chi connectivity index (χ1n) is 9.90. The third-order valence-corrected chi connectivity index (χ3v) is 5.57. The molecule has 150 valence electrons. The van der Waals surface area contributed by atoms with E-state index in [0.717, 1.165) is 22.3 Å². The highest BCUT2D eigenvalue weighted by Gasteiger charge is 2.48. The van der Waals surface area contributed by atoms with Crippen molar-refractivity contribution >= 4 is 6.02 Å². The minimum Gasteiger partial charge on any atom is -0.462 e. The first-order chi connectivity index (χ1) is 14.4. The van der Waals surface area contributed by atoms with E-state index in [0.29, 0.717) is 17.5 Å². The quantitative estimate of drug-likeness (QED) is 0.758. The summed E-state index contributed by atoms with van der Waals surface area (Å²) in [5.41, 5.74) is 7.00. The summed E-state index contributed by atoms with van der Waals surface area (Å²) in [7, 11) is 0. The van der Waals surface area contributed by atoms with Gasteiger partial charge in [-0.05, 0) is 49.6 Å². The first kappa shape index (κ1) is 18.5. The molecule has 3 heterocycles. The Hall–Kier alpha value is -3.48. The van der Waals surface area contributed by atoms with Crippen molar-refractivity contribution in [2.45, 2.75) is 37.3 Å². The van der Waals surface area contributed by atoms with E-state index in [-0.39, 0.29) is 19.0 Å². The van der Waals surface area contributed by atoms with Crippen molar-refractivity contribution in [2.75, 3.05) is 6.61 Å². The van der Waals surface area contributed by atoms with Crippen molar-refractivity contribution < 1.29 is 14.6 Å². The van der Waals surface area contributed by atoms with Gasteiger partial charge in [-0.3, -0.25) is 0 Å². The lowest BCUT2D eigenvalue weighted by molar-refractivity contribution is 0.122. The largest absolute Gasteiger partial charge is 0.462 e. The standard InChI is InChI=1S/C24H21N3O3/c1-3-23(2,28)12-17-11-19-21(26-13-17)30-20-9-8-16(7-6-15-4-5-15)10-18(20)24(19)14-29-22(25)27-24/h1,8-11,13,15,28H,4-5,12,14H2,2H3,(H2,25,27). The highest BCUT2D eigenvalue weighted by molar-refractivity contribution is 5.76. The summed E-state index contributed by atoms with van der Waals surface area (Å²) in [4.78, 5) is 9.15. The normalized spacial score (nSPS) is 22.9. The molecule has 1 aromatic heterocycles. The molecule has 1 saturated carbocycles. The summed E-state index contributed by atoms with van der Waals surface area (Å²) in [5, 5.41) is 10.3. The van der Waals surface area contributed by atoms with Crippen molar-refractivity contribution in [2.24, 2.45) is 16.6 Å². The number of nitrogens with zero attached hydrogens (tertiary/aromatic N) is 2. The highest BCUT2D eigenvalue weighted by Crippen LogP contribution is 2.50. The highest BCUT2D eigenvalue weighted by atomic mass is 16.5. The number of amidine groups is 1. The van der Waals surface area contributed by atoms with Crippen LogP contribution in [0.2, 0.25) is 0 Å². The van der Waals surface area contributed by atoms with Crippen LogP contribution in [0.4, 0.5) is 0 Å². The fourth-order valence-electron chi connectivity index (χ4n) is 3.81. The number of aliphatic hydroxyl groups is 1. The van der Waals surface area contributed by atoms with Gasteiger partial charge in [0.15, 0.2) is 5.54 Å². The molecule has 6 heteroatoms. The van der Waals surface area contributed by atoms with Crippen LogP contribution in [0.5, 0.6) is 11.6 Å². The molecule has 2 atom stereocenters. The predicted octanol–water partition coefficient (Wildman–Crippen LogP) is 2.46. The molecular formula is C24H21N3O3. The topological polar surface area (TPSA) is 90.0 Å². The van der Waals surface area contributed by atoms with E-state index in [9.17, 15) is 5.11 Å². The Morgan fingerprint density at radius 2 is 2.17 bits per heavy atom. The van der Waals surface area contributed by atoms with E-state index in [1.165, 1.54) is 12.8 Å². The van der Waals surface area contributed by atoms with E-state index in [4.69, 9.17) is 21.6 Å². The Labute approximate surface area is 175 Å². The molecule has 0 radical (unpaired) electrons. The maximum absolute atomic E-state index is 10.3. The number of ether oxygens (including phenoxy) is 2. The lowest BCUT2D eigenvalue weighted by Crippen LogP contribution is -2.32. The van der Waals surface area contributed by atoms with E-state index in [2.05, 4.69) is 27.7 Å². The second-order valence-electron chi connectivity index (χ2n) is 8.25. The van der Waals surface area contributed by atoms with Crippen LogP contribution in [-0.4, -0.2) is 28.3 Å². The molecule has 6 nitrogen and oxygen atoms in total. The van der Waals surface area contributed by atoms with Gasteiger partial charge in [-0.2, -0.15) is 0 Å². The number of aromatic nitrogens is 1. The van der Waals surface area contributed by atoms with Gasteiger partial charge in [-0.1, -0.05) is 17.8 Å². The van der Waals surface area contributed by atoms with Crippen molar-refractivity contribution in [3.05, 3.63) is 52.7 Å². The molecule has 2 aromatic rings. The zero-order valence-corrected chi connectivity index (χ0v) is 16.6. The van der Waals surface area contributed by atoms with E-state index >= 15 is 0 Å². The van der Waals surface area contributed by atoms with Gasteiger partial charge in [0.2, 0.25) is 5.88 Å². The molecule has 2 unspecified atom stereocenters. The number of benzene rings is 1. The van der Waals surface area contributed by atoms with Crippen LogP contribution in [0.3, 0.4) is 0 Å². The van der Waals surface area contributed by atoms with Crippen LogP contribution >= 0.6 is 0 Å². The average Bonchev–Trinajstić information content (AvgIpc) is 3.48. The molecule has 3 aliphatic rings. The zero-order valence-electron chi connectivity index (χ0n) is 16.6. The number of hydrogen-bond acceptors (Lipinski definition) is 6. The maximum atomic E-state index is 10.3. The second-order valence-corrected chi connectivity index (χ2v) is 8.25. The van der Waals surface area contributed by atoms with Crippen LogP contribution < -0.4 is 10.5 Å². The summed E-state index contributed by atoms with van der Waals surface area (Å²) in [5.74, 6) is 10.5. The number of fused-ring (bicyclic) bond motifs is 4. The maximum Gasteiger partial charge on any atom is 0.283 e. The van der Waals surface area contributed by atoms with Crippen molar-refractivity contribution in [3.8, 4) is 35.8 Å². The Bertz CT molecular complexity index is 1180. The molecule has 1 fully saturated rings. The van der Waals surface area contributed by atoms with Crippen LogP contribution in [0.15, 0.2) is 35.5 Å². The van der Waals surface area contributed by atoms with Crippen LogP contribution in [0.1, 0.15) is 42.0 Å². The lowest BCUT2D eigenvalue weighted by Gasteiger charge is -2.33. The minimum absolute atomic E-state index is 0.115. The third kappa shape index (κ3) is 3.16. The lowest BCUT2D eigenvalue weighted by atomic mass is 9.81. The number of hydrogen-bond donors (Lipinski definition) is 2. The Balaban J connectivity index is 1.63.